The summed E-state index contributed by atoms with van der Waals surface area (Å²) in [5.41, 5.74) is 4.35. The van der Waals surface area contributed by atoms with E-state index in [4.69, 9.17) is 0 Å². The van der Waals surface area contributed by atoms with Gasteiger partial charge in [-0.25, -0.2) is 0 Å². The van der Waals surface area contributed by atoms with E-state index in [0.29, 0.717) is 5.92 Å². The van der Waals surface area contributed by atoms with Crippen molar-refractivity contribution in [3.05, 3.63) is 34.9 Å². The third-order valence-electron chi connectivity index (χ3n) is 2.86. The smallest absolute Gasteiger partial charge is 0.000837 e. The maximum absolute atomic E-state index is 3.37. The van der Waals surface area contributed by atoms with E-state index in [-0.39, 0.29) is 0 Å². The molecule has 1 aromatic rings. The Labute approximate surface area is 93.9 Å². The minimum absolute atomic E-state index is 0.628. The number of hydrogen-bond acceptors (Lipinski definition) is 1. The number of hydrogen-bond donors (Lipinski definition) is 1. The van der Waals surface area contributed by atoms with Crippen LogP contribution in [0.15, 0.2) is 18.2 Å². The Bertz CT molecular complexity index is 302. The predicted octanol–water partition coefficient (Wildman–Crippen LogP) is 3.27. The second-order valence-electron chi connectivity index (χ2n) is 4.44. The lowest BCUT2D eigenvalue weighted by Gasteiger charge is -2.11. The molecule has 1 rings (SSSR count). The van der Waals surface area contributed by atoms with Gasteiger partial charge in [-0.05, 0) is 49.0 Å². The molecule has 84 valence electrons. The summed E-state index contributed by atoms with van der Waals surface area (Å²) < 4.78 is 0. The lowest BCUT2D eigenvalue weighted by molar-refractivity contribution is 0.713. The van der Waals surface area contributed by atoms with Crippen LogP contribution in [0.4, 0.5) is 0 Å². The highest BCUT2D eigenvalue weighted by Crippen LogP contribution is 2.18. The molecule has 15 heavy (non-hydrogen) atoms. The first-order chi connectivity index (χ1) is 7.15. The van der Waals surface area contributed by atoms with Crippen molar-refractivity contribution in [2.24, 2.45) is 0 Å². The Morgan fingerprint density at radius 1 is 1.27 bits per heavy atom. The van der Waals surface area contributed by atoms with Crippen molar-refractivity contribution in [3.63, 3.8) is 0 Å². The standard InChI is InChI=1S/C14H23N/c1-5-15-9-8-14-10-13(11(2)3)7-6-12(14)4/h6-7,10-11,15H,5,8-9H2,1-4H3. The van der Waals surface area contributed by atoms with Crippen molar-refractivity contribution < 1.29 is 0 Å². The molecule has 0 fully saturated rings. The number of aryl methyl sites for hydroxylation is 1. The fourth-order valence-corrected chi connectivity index (χ4v) is 1.72. The highest BCUT2D eigenvalue weighted by atomic mass is 14.8. The summed E-state index contributed by atoms with van der Waals surface area (Å²) in [5, 5.41) is 3.37. The summed E-state index contributed by atoms with van der Waals surface area (Å²) in [6.45, 7) is 11.0. The second-order valence-corrected chi connectivity index (χ2v) is 4.44. The first-order valence-corrected chi connectivity index (χ1v) is 5.95. The fraction of sp³-hybridized carbons (Fsp3) is 0.571. The highest BCUT2D eigenvalue weighted by molar-refractivity contribution is 5.32. The minimum Gasteiger partial charge on any atom is -0.317 e. The Hall–Kier alpha value is -0.820. The van der Waals surface area contributed by atoms with E-state index in [2.05, 4.69) is 51.2 Å². The Balaban J connectivity index is 2.72. The van der Waals surface area contributed by atoms with Crippen LogP contribution in [0.2, 0.25) is 0 Å². The molecule has 1 aromatic carbocycles. The number of benzene rings is 1. The Morgan fingerprint density at radius 3 is 2.60 bits per heavy atom. The monoisotopic (exact) mass is 205 g/mol. The van der Waals surface area contributed by atoms with Crippen LogP contribution >= 0.6 is 0 Å². The second kappa shape index (κ2) is 5.92. The van der Waals surface area contributed by atoms with Gasteiger partial charge in [0.25, 0.3) is 0 Å². The van der Waals surface area contributed by atoms with Gasteiger partial charge < -0.3 is 5.32 Å². The van der Waals surface area contributed by atoms with Crippen molar-refractivity contribution in [3.8, 4) is 0 Å². The van der Waals surface area contributed by atoms with Gasteiger partial charge in [0, 0.05) is 0 Å². The van der Waals surface area contributed by atoms with Gasteiger partial charge in [-0.2, -0.15) is 0 Å². The van der Waals surface area contributed by atoms with Crippen molar-refractivity contribution >= 4 is 0 Å². The van der Waals surface area contributed by atoms with Crippen molar-refractivity contribution in [2.45, 2.75) is 40.0 Å². The maximum atomic E-state index is 3.37. The maximum Gasteiger partial charge on any atom is -0.000837 e. The first kappa shape index (κ1) is 12.3. The van der Waals surface area contributed by atoms with Gasteiger partial charge in [0.05, 0.1) is 0 Å². The zero-order valence-corrected chi connectivity index (χ0v) is 10.4. The third-order valence-corrected chi connectivity index (χ3v) is 2.86. The fourth-order valence-electron chi connectivity index (χ4n) is 1.72. The Kier molecular flexibility index (Phi) is 4.83. The van der Waals surface area contributed by atoms with Gasteiger partial charge in [0.15, 0.2) is 0 Å². The predicted molar refractivity (Wildman–Crippen MR) is 67.5 cm³/mol. The summed E-state index contributed by atoms with van der Waals surface area (Å²) in [7, 11) is 0. The molecule has 0 heterocycles. The van der Waals surface area contributed by atoms with Crippen LogP contribution in [-0.2, 0) is 6.42 Å². The zero-order valence-electron chi connectivity index (χ0n) is 10.4. The van der Waals surface area contributed by atoms with Crippen LogP contribution in [0.3, 0.4) is 0 Å². The van der Waals surface area contributed by atoms with E-state index < -0.39 is 0 Å². The molecule has 0 aliphatic rings. The summed E-state index contributed by atoms with van der Waals surface area (Å²) in [4.78, 5) is 0. The molecule has 0 saturated heterocycles. The van der Waals surface area contributed by atoms with Gasteiger partial charge in [0.2, 0.25) is 0 Å². The molecular formula is C14H23N. The third kappa shape index (κ3) is 3.67. The molecule has 0 spiro atoms. The zero-order chi connectivity index (χ0) is 11.3. The summed E-state index contributed by atoms with van der Waals surface area (Å²) >= 11 is 0. The van der Waals surface area contributed by atoms with E-state index in [1.165, 1.54) is 16.7 Å². The summed E-state index contributed by atoms with van der Waals surface area (Å²) in [5.74, 6) is 0.628. The molecule has 1 heteroatoms. The minimum atomic E-state index is 0.628. The van der Waals surface area contributed by atoms with Gasteiger partial charge >= 0.3 is 0 Å². The van der Waals surface area contributed by atoms with Crippen LogP contribution in [0, 0.1) is 6.92 Å². The van der Waals surface area contributed by atoms with E-state index >= 15 is 0 Å². The van der Waals surface area contributed by atoms with E-state index in [9.17, 15) is 0 Å². The number of rotatable bonds is 5. The molecular weight excluding hydrogens is 182 g/mol. The largest absolute Gasteiger partial charge is 0.317 e. The van der Waals surface area contributed by atoms with E-state index in [1.807, 2.05) is 0 Å². The molecule has 0 bridgehead atoms. The summed E-state index contributed by atoms with van der Waals surface area (Å²) in [6, 6.07) is 6.85. The van der Waals surface area contributed by atoms with Crippen LogP contribution in [0.1, 0.15) is 43.4 Å². The molecule has 1 nitrogen and oxygen atoms in total. The number of nitrogens with one attached hydrogen (secondary N) is 1. The van der Waals surface area contributed by atoms with Gasteiger partial charge in [0.1, 0.15) is 0 Å². The van der Waals surface area contributed by atoms with Crippen molar-refractivity contribution in [1.82, 2.24) is 5.32 Å². The average Bonchev–Trinajstić information content (AvgIpc) is 2.20. The van der Waals surface area contributed by atoms with Crippen LogP contribution < -0.4 is 5.32 Å². The molecule has 0 atom stereocenters. The van der Waals surface area contributed by atoms with Gasteiger partial charge in [-0.3, -0.25) is 0 Å². The molecule has 0 aliphatic heterocycles. The highest BCUT2D eigenvalue weighted by Gasteiger charge is 2.03. The molecule has 0 saturated carbocycles. The first-order valence-electron chi connectivity index (χ1n) is 5.95. The quantitative estimate of drug-likeness (QED) is 0.727. The van der Waals surface area contributed by atoms with E-state index in [1.54, 1.807) is 0 Å². The molecule has 0 radical (unpaired) electrons. The lowest BCUT2D eigenvalue weighted by Crippen LogP contribution is -2.16. The lowest BCUT2D eigenvalue weighted by atomic mass is 9.96. The topological polar surface area (TPSA) is 12.0 Å². The van der Waals surface area contributed by atoms with Crippen LogP contribution in [0.25, 0.3) is 0 Å². The summed E-state index contributed by atoms with van der Waals surface area (Å²) in [6.07, 6.45) is 1.14. The normalized spacial score (nSPS) is 11.0. The van der Waals surface area contributed by atoms with E-state index in [0.717, 1.165) is 19.5 Å². The molecule has 0 aliphatic carbocycles. The van der Waals surface area contributed by atoms with Gasteiger partial charge in [-0.1, -0.05) is 39.0 Å². The SMILES string of the molecule is CCNCCc1cc(C(C)C)ccc1C. The van der Waals surface area contributed by atoms with Crippen molar-refractivity contribution in [2.75, 3.05) is 13.1 Å². The molecule has 0 aromatic heterocycles. The molecule has 0 amide bonds. The molecule has 1 N–H and O–H groups in total. The van der Waals surface area contributed by atoms with Gasteiger partial charge in [-0.15, -0.1) is 0 Å². The average molecular weight is 205 g/mol. The van der Waals surface area contributed by atoms with Crippen molar-refractivity contribution in [1.29, 1.82) is 0 Å². The van der Waals surface area contributed by atoms with Crippen LogP contribution in [-0.4, -0.2) is 13.1 Å². The number of likely N-dealkylation sites (N-methyl/N-ethyl adjacent to an activating group) is 1. The van der Waals surface area contributed by atoms with Crippen LogP contribution in [0.5, 0.6) is 0 Å². The molecule has 0 unspecified atom stereocenters. The Morgan fingerprint density at radius 2 is 2.00 bits per heavy atom.